The summed E-state index contributed by atoms with van der Waals surface area (Å²) in [6, 6.07) is 6.59. The number of aromatic nitrogens is 3. The minimum atomic E-state index is 0.689. The lowest BCUT2D eigenvalue weighted by atomic mass is 10.1. The first kappa shape index (κ1) is 19.0. The van der Waals surface area contributed by atoms with Crippen molar-refractivity contribution in [3.8, 4) is 0 Å². The number of rotatable bonds is 5. The van der Waals surface area contributed by atoms with E-state index in [1.807, 2.05) is 0 Å². The topological polar surface area (TPSA) is 57.2 Å². The van der Waals surface area contributed by atoms with Gasteiger partial charge in [-0.2, -0.15) is 15.0 Å². The Morgan fingerprint density at radius 3 is 1.86 bits per heavy atom. The smallest absolute Gasteiger partial charge is 0.231 e. The summed E-state index contributed by atoms with van der Waals surface area (Å²) in [7, 11) is 0. The van der Waals surface area contributed by atoms with Crippen LogP contribution < -0.4 is 15.1 Å². The molecule has 1 aromatic heterocycles. The van der Waals surface area contributed by atoms with Crippen molar-refractivity contribution in [3.05, 3.63) is 34.9 Å². The first-order valence-electron chi connectivity index (χ1n) is 10.7. The van der Waals surface area contributed by atoms with Crippen LogP contribution in [0.4, 0.5) is 17.8 Å². The largest absolute Gasteiger partial charge is 0.350 e. The average Bonchev–Trinajstić information content (AvgIpc) is 2.75. The summed E-state index contributed by atoms with van der Waals surface area (Å²) in [5.74, 6) is 2.35. The van der Waals surface area contributed by atoms with Gasteiger partial charge < -0.3 is 15.1 Å². The van der Waals surface area contributed by atoms with Gasteiger partial charge in [-0.05, 0) is 69.1 Å². The lowest BCUT2D eigenvalue weighted by Crippen LogP contribution is -2.34. The molecule has 0 amide bonds. The predicted octanol–water partition coefficient (Wildman–Crippen LogP) is 4.08. The third kappa shape index (κ3) is 4.54. The second-order valence-corrected chi connectivity index (χ2v) is 8.13. The van der Waals surface area contributed by atoms with Crippen LogP contribution in [0.5, 0.6) is 0 Å². The molecular formula is C22H32N6. The van der Waals surface area contributed by atoms with Gasteiger partial charge in [0.05, 0.1) is 0 Å². The predicted molar refractivity (Wildman–Crippen MR) is 115 cm³/mol. The van der Waals surface area contributed by atoms with Crippen LogP contribution in [-0.2, 0) is 6.54 Å². The van der Waals surface area contributed by atoms with Crippen molar-refractivity contribution in [3.63, 3.8) is 0 Å². The van der Waals surface area contributed by atoms with Crippen LogP contribution in [0.2, 0.25) is 0 Å². The summed E-state index contributed by atoms with van der Waals surface area (Å²) in [6.07, 6.45) is 7.48. The molecule has 0 radical (unpaired) electrons. The van der Waals surface area contributed by atoms with E-state index in [0.717, 1.165) is 44.6 Å². The van der Waals surface area contributed by atoms with Crippen molar-refractivity contribution < 1.29 is 0 Å². The number of nitrogens with one attached hydrogen (secondary N) is 1. The van der Waals surface area contributed by atoms with Gasteiger partial charge in [0.1, 0.15) is 0 Å². The van der Waals surface area contributed by atoms with Gasteiger partial charge in [0.15, 0.2) is 0 Å². The van der Waals surface area contributed by atoms with Crippen LogP contribution >= 0.6 is 0 Å². The highest BCUT2D eigenvalue weighted by molar-refractivity contribution is 5.46. The van der Waals surface area contributed by atoms with E-state index in [1.165, 1.54) is 55.2 Å². The minimum Gasteiger partial charge on any atom is -0.350 e. The summed E-state index contributed by atoms with van der Waals surface area (Å²) in [6.45, 7) is 9.20. The molecule has 0 bridgehead atoms. The zero-order chi connectivity index (χ0) is 19.3. The maximum Gasteiger partial charge on any atom is 0.231 e. The molecule has 0 atom stereocenters. The number of hydrogen-bond donors (Lipinski definition) is 1. The summed E-state index contributed by atoms with van der Waals surface area (Å²) < 4.78 is 0. The van der Waals surface area contributed by atoms with E-state index in [1.54, 1.807) is 0 Å². The van der Waals surface area contributed by atoms with Gasteiger partial charge in [-0.1, -0.05) is 18.2 Å². The molecule has 0 spiro atoms. The van der Waals surface area contributed by atoms with Crippen molar-refractivity contribution in [1.29, 1.82) is 0 Å². The zero-order valence-corrected chi connectivity index (χ0v) is 17.2. The van der Waals surface area contributed by atoms with Gasteiger partial charge in [0.2, 0.25) is 17.8 Å². The van der Waals surface area contributed by atoms with E-state index in [2.05, 4.69) is 47.2 Å². The second kappa shape index (κ2) is 8.76. The second-order valence-electron chi connectivity index (χ2n) is 8.13. The molecule has 0 aliphatic carbocycles. The number of anilines is 3. The Morgan fingerprint density at radius 1 is 0.750 bits per heavy atom. The molecule has 0 unspecified atom stereocenters. The van der Waals surface area contributed by atoms with Crippen LogP contribution in [-0.4, -0.2) is 41.1 Å². The molecule has 2 aliphatic heterocycles. The molecule has 0 saturated carbocycles. The Hall–Kier alpha value is -2.37. The lowest BCUT2D eigenvalue weighted by Gasteiger charge is -2.30. The first-order valence-corrected chi connectivity index (χ1v) is 10.7. The summed E-state index contributed by atoms with van der Waals surface area (Å²) in [5.41, 5.74) is 3.89. The molecule has 2 aromatic rings. The SMILES string of the molecule is Cc1ccc(CNc2nc(N3CCCCC3)nc(N3CCCCC3)n2)cc1C. The summed E-state index contributed by atoms with van der Waals surface area (Å²) >= 11 is 0. The molecule has 1 aromatic carbocycles. The standard InChI is InChI=1S/C22H32N6/c1-17-9-10-19(15-18(17)2)16-23-20-24-21(27-11-5-3-6-12-27)26-22(25-20)28-13-7-4-8-14-28/h9-10,15H,3-8,11-14,16H2,1-2H3,(H,23,24,25,26). The Morgan fingerprint density at radius 2 is 1.32 bits per heavy atom. The lowest BCUT2D eigenvalue weighted by molar-refractivity contribution is 0.556. The molecule has 2 fully saturated rings. The Kier molecular flexibility index (Phi) is 5.93. The highest BCUT2D eigenvalue weighted by Crippen LogP contribution is 2.23. The van der Waals surface area contributed by atoms with E-state index >= 15 is 0 Å². The Labute approximate surface area is 168 Å². The number of piperidine rings is 2. The molecule has 6 heteroatoms. The molecule has 6 nitrogen and oxygen atoms in total. The maximum absolute atomic E-state index is 4.85. The van der Waals surface area contributed by atoms with Gasteiger partial charge in [0.25, 0.3) is 0 Å². The number of aryl methyl sites for hydroxylation is 2. The van der Waals surface area contributed by atoms with E-state index < -0.39 is 0 Å². The highest BCUT2D eigenvalue weighted by Gasteiger charge is 2.20. The van der Waals surface area contributed by atoms with Crippen LogP contribution in [0.25, 0.3) is 0 Å². The van der Waals surface area contributed by atoms with Crippen molar-refractivity contribution in [2.45, 2.75) is 58.9 Å². The third-order valence-electron chi connectivity index (χ3n) is 5.91. The first-order chi connectivity index (χ1) is 13.7. The molecule has 2 aliphatic rings. The Balaban J connectivity index is 1.56. The van der Waals surface area contributed by atoms with E-state index in [-0.39, 0.29) is 0 Å². The molecule has 3 heterocycles. The van der Waals surface area contributed by atoms with Gasteiger partial charge in [-0.25, -0.2) is 0 Å². The van der Waals surface area contributed by atoms with Crippen molar-refractivity contribution in [2.75, 3.05) is 41.3 Å². The number of benzene rings is 1. The monoisotopic (exact) mass is 380 g/mol. The number of hydrogen-bond acceptors (Lipinski definition) is 6. The van der Waals surface area contributed by atoms with Crippen LogP contribution in [0.1, 0.15) is 55.2 Å². The Bertz CT molecular complexity index is 757. The van der Waals surface area contributed by atoms with Crippen molar-refractivity contribution in [2.24, 2.45) is 0 Å². The molecule has 150 valence electrons. The maximum atomic E-state index is 4.85. The molecule has 1 N–H and O–H groups in total. The van der Waals surface area contributed by atoms with Gasteiger partial charge in [0, 0.05) is 32.7 Å². The van der Waals surface area contributed by atoms with Crippen LogP contribution in [0.15, 0.2) is 18.2 Å². The van der Waals surface area contributed by atoms with Gasteiger partial charge in [-0.15, -0.1) is 0 Å². The van der Waals surface area contributed by atoms with E-state index in [0.29, 0.717) is 5.95 Å². The van der Waals surface area contributed by atoms with Gasteiger partial charge >= 0.3 is 0 Å². The summed E-state index contributed by atoms with van der Waals surface area (Å²) in [5, 5.41) is 3.45. The fraction of sp³-hybridized carbons (Fsp3) is 0.591. The van der Waals surface area contributed by atoms with E-state index in [9.17, 15) is 0 Å². The fourth-order valence-corrected chi connectivity index (χ4v) is 4.00. The summed E-state index contributed by atoms with van der Waals surface area (Å²) in [4.78, 5) is 19.0. The van der Waals surface area contributed by atoms with Crippen LogP contribution in [0, 0.1) is 13.8 Å². The van der Waals surface area contributed by atoms with Gasteiger partial charge in [-0.3, -0.25) is 0 Å². The minimum absolute atomic E-state index is 0.689. The van der Waals surface area contributed by atoms with Crippen molar-refractivity contribution in [1.82, 2.24) is 15.0 Å². The van der Waals surface area contributed by atoms with Crippen LogP contribution in [0.3, 0.4) is 0 Å². The normalized spacial score (nSPS) is 17.6. The quantitative estimate of drug-likeness (QED) is 0.843. The third-order valence-corrected chi connectivity index (χ3v) is 5.91. The fourth-order valence-electron chi connectivity index (χ4n) is 4.00. The highest BCUT2D eigenvalue weighted by atomic mass is 15.4. The molecule has 4 rings (SSSR count). The average molecular weight is 381 g/mol. The number of nitrogens with zero attached hydrogens (tertiary/aromatic N) is 5. The van der Waals surface area contributed by atoms with Crippen molar-refractivity contribution >= 4 is 17.8 Å². The molecule has 2 saturated heterocycles. The zero-order valence-electron chi connectivity index (χ0n) is 17.2. The molecule has 28 heavy (non-hydrogen) atoms. The molecular weight excluding hydrogens is 348 g/mol. The van der Waals surface area contributed by atoms with E-state index in [4.69, 9.17) is 15.0 Å².